The van der Waals surface area contributed by atoms with E-state index in [-0.39, 0.29) is 0 Å². The first-order valence-corrected chi connectivity index (χ1v) is 19.9. The van der Waals surface area contributed by atoms with Crippen molar-refractivity contribution < 1.29 is 0 Å². The SMILES string of the molecule is CCC1CC(c2ccccc2)=N/C(c2cccc(-c3ccc(C)cc3-c3ccc4c5ccccc5c5ccccc5c4c3)c2)=C\CCC1C1C=CC=CC1. The maximum absolute atomic E-state index is 5.58. The molecule has 3 atom stereocenters. The molecule has 0 radical (unpaired) electrons. The molecule has 54 heavy (non-hydrogen) atoms. The second kappa shape index (κ2) is 14.9. The molecule has 0 amide bonds. The van der Waals surface area contributed by atoms with Crippen molar-refractivity contribution >= 4 is 43.7 Å². The van der Waals surface area contributed by atoms with Gasteiger partial charge < -0.3 is 0 Å². The van der Waals surface area contributed by atoms with Crippen molar-refractivity contribution in [1.82, 2.24) is 0 Å². The molecular weight excluding hydrogens is 651 g/mol. The van der Waals surface area contributed by atoms with Crippen LogP contribution in [0.1, 0.15) is 55.7 Å². The van der Waals surface area contributed by atoms with Crippen LogP contribution in [0.4, 0.5) is 0 Å². The summed E-state index contributed by atoms with van der Waals surface area (Å²) >= 11 is 0. The van der Waals surface area contributed by atoms with E-state index in [4.69, 9.17) is 4.99 Å². The van der Waals surface area contributed by atoms with Crippen LogP contribution < -0.4 is 0 Å². The summed E-state index contributed by atoms with van der Waals surface area (Å²) in [5.41, 5.74) is 10.9. The van der Waals surface area contributed by atoms with Crippen molar-refractivity contribution in [3.05, 3.63) is 187 Å². The third kappa shape index (κ3) is 6.54. The number of aliphatic imine (C=N–C) groups is 1. The van der Waals surface area contributed by atoms with Gasteiger partial charge in [0.25, 0.3) is 0 Å². The largest absolute Gasteiger partial charge is 0.253 e. The third-order valence-electron chi connectivity index (χ3n) is 12.0. The van der Waals surface area contributed by atoms with Gasteiger partial charge >= 0.3 is 0 Å². The monoisotopic (exact) mass is 697 g/mol. The summed E-state index contributed by atoms with van der Waals surface area (Å²) in [7, 11) is 0. The summed E-state index contributed by atoms with van der Waals surface area (Å²) in [6.07, 6.45) is 17.2. The molecule has 1 heteroatoms. The van der Waals surface area contributed by atoms with Crippen molar-refractivity contribution in [3.63, 3.8) is 0 Å². The predicted octanol–water partition coefficient (Wildman–Crippen LogP) is 14.6. The molecule has 2 aliphatic rings. The molecule has 9 rings (SSSR count). The molecule has 0 fully saturated rings. The fourth-order valence-corrected chi connectivity index (χ4v) is 9.28. The topological polar surface area (TPSA) is 12.4 Å². The third-order valence-corrected chi connectivity index (χ3v) is 12.0. The van der Waals surface area contributed by atoms with Crippen LogP contribution in [-0.2, 0) is 0 Å². The Morgan fingerprint density at radius 1 is 0.574 bits per heavy atom. The molecule has 7 aromatic rings. The van der Waals surface area contributed by atoms with Gasteiger partial charge in [-0.1, -0.05) is 177 Å². The molecule has 7 aromatic carbocycles. The molecule has 1 aliphatic carbocycles. The van der Waals surface area contributed by atoms with Gasteiger partial charge in [-0.15, -0.1) is 0 Å². The second-order valence-corrected chi connectivity index (χ2v) is 15.3. The minimum absolute atomic E-state index is 0.580. The van der Waals surface area contributed by atoms with Crippen LogP contribution in [0.15, 0.2) is 175 Å². The Labute approximate surface area is 320 Å². The van der Waals surface area contributed by atoms with Gasteiger partial charge in [0.2, 0.25) is 0 Å². The lowest BCUT2D eigenvalue weighted by molar-refractivity contribution is 0.245. The molecule has 0 N–H and O–H groups in total. The lowest BCUT2D eigenvalue weighted by atomic mass is 9.72. The first kappa shape index (κ1) is 34.0. The lowest BCUT2D eigenvalue weighted by Crippen LogP contribution is -2.25. The molecule has 0 bridgehead atoms. The number of fused-ring (bicyclic) bond motifs is 6. The molecule has 0 saturated heterocycles. The number of benzene rings is 7. The molecule has 1 aliphatic heterocycles. The summed E-state index contributed by atoms with van der Waals surface area (Å²) in [5, 5.41) is 7.81. The number of hydrogen-bond donors (Lipinski definition) is 0. The number of aryl methyl sites for hydroxylation is 1. The fourth-order valence-electron chi connectivity index (χ4n) is 9.28. The standard InChI is InChI=1S/C53H47N/c1-3-37-35-53(39-18-8-5-9-19-39)54-52(27-15-26-43(37)38-16-6-4-7-17-38)42-21-14-20-40(33-42)44-30-28-36(2)32-50(44)41-29-31-49-47-24-11-10-22-45(47)46-23-12-13-25-48(46)51(49)34-41/h4-14,16,18-25,27-34,37-38,43H,3,15,17,26,35H2,1-2H3/b52-27-,54-53?. The summed E-state index contributed by atoms with van der Waals surface area (Å²) in [4.78, 5) is 5.58. The second-order valence-electron chi connectivity index (χ2n) is 15.3. The minimum Gasteiger partial charge on any atom is -0.253 e. The molecule has 0 spiro atoms. The van der Waals surface area contributed by atoms with Crippen molar-refractivity contribution in [3.8, 4) is 22.3 Å². The molecular formula is C53H47N. The van der Waals surface area contributed by atoms with E-state index in [9.17, 15) is 0 Å². The molecule has 1 heterocycles. The first-order chi connectivity index (χ1) is 26.6. The van der Waals surface area contributed by atoms with E-state index >= 15 is 0 Å². The Kier molecular flexibility index (Phi) is 9.39. The average Bonchev–Trinajstić information content (AvgIpc) is 3.33. The Morgan fingerprint density at radius 3 is 1.96 bits per heavy atom. The minimum atomic E-state index is 0.580. The summed E-state index contributed by atoms with van der Waals surface area (Å²) in [6, 6.07) is 51.7. The highest BCUT2D eigenvalue weighted by Gasteiger charge is 2.29. The highest BCUT2D eigenvalue weighted by molar-refractivity contribution is 6.25. The fraction of sp³-hybridized carbons (Fsp3) is 0.189. The zero-order chi connectivity index (χ0) is 36.4. The van der Waals surface area contributed by atoms with E-state index in [1.165, 1.54) is 83.4 Å². The quantitative estimate of drug-likeness (QED) is 0.153. The normalized spacial score (nSPS) is 19.9. The summed E-state index contributed by atoms with van der Waals surface area (Å²) in [6.45, 7) is 4.57. The van der Waals surface area contributed by atoms with E-state index in [1.54, 1.807) is 0 Å². The molecule has 3 unspecified atom stereocenters. The number of rotatable bonds is 6. The van der Waals surface area contributed by atoms with Gasteiger partial charge in [-0.05, 0) is 123 Å². The average molecular weight is 698 g/mol. The van der Waals surface area contributed by atoms with E-state index in [0.29, 0.717) is 17.8 Å². The Balaban J connectivity index is 1.15. The van der Waals surface area contributed by atoms with E-state index in [2.05, 4.69) is 184 Å². The van der Waals surface area contributed by atoms with Crippen LogP contribution in [0.25, 0.3) is 60.3 Å². The van der Waals surface area contributed by atoms with Crippen LogP contribution in [0.3, 0.4) is 0 Å². The highest BCUT2D eigenvalue weighted by Crippen LogP contribution is 2.41. The van der Waals surface area contributed by atoms with Crippen LogP contribution in [0.5, 0.6) is 0 Å². The summed E-state index contributed by atoms with van der Waals surface area (Å²) in [5.74, 6) is 1.79. The van der Waals surface area contributed by atoms with Gasteiger partial charge in [-0.3, -0.25) is 4.99 Å². The molecule has 264 valence electrons. The number of hydrogen-bond acceptors (Lipinski definition) is 1. The maximum atomic E-state index is 5.58. The van der Waals surface area contributed by atoms with E-state index in [1.807, 2.05) is 0 Å². The van der Waals surface area contributed by atoms with Crippen LogP contribution >= 0.6 is 0 Å². The van der Waals surface area contributed by atoms with Crippen molar-refractivity contribution in [1.29, 1.82) is 0 Å². The lowest BCUT2D eigenvalue weighted by Gasteiger charge is -2.32. The molecule has 1 nitrogen and oxygen atoms in total. The van der Waals surface area contributed by atoms with Crippen LogP contribution in [-0.4, -0.2) is 5.71 Å². The molecule has 0 saturated carbocycles. The van der Waals surface area contributed by atoms with Crippen LogP contribution in [0, 0.1) is 24.7 Å². The highest BCUT2D eigenvalue weighted by atomic mass is 14.8. The van der Waals surface area contributed by atoms with E-state index in [0.717, 1.165) is 31.4 Å². The smallest absolute Gasteiger partial charge is 0.0665 e. The van der Waals surface area contributed by atoms with Gasteiger partial charge in [0.15, 0.2) is 0 Å². The van der Waals surface area contributed by atoms with Gasteiger partial charge in [-0.2, -0.15) is 0 Å². The first-order valence-electron chi connectivity index (χ1n) is 19.9. The van der Waals surface area contributed by atoms with Gasteiger partial charge in [0.1, 0.15) is 0 Å². The Bertz CT molecular complexity index is 2580. The van der Waals surface area contributed by atoms with E-state index < -0.39 is 0 Å². The summed E-state index contributed by atoms with van der Waals surface area (Å²) < 4.78 is 0. The molecule has 0 aromatic heterocycles. The zero-order valence-electron chi connectivity index (χ0n) is 31.4. The number of allylic oxidation sites excluding steroid dienone is 5. The maximum Gasteiger partial charge on any atom is 0.0665 e. The Hall–Kier alpha value is -5.79. The van der Waals surface area contributed by atoms with Gasteiger partial charge in [0, 0.05) is 11.3 Å². The van der Waals surface area contributed by atoms with Crippen molar-refractivity contribution in [2.75, 3.05) is 0 Å². The predicted molar refractivity (Wildman–Crippen MR) is 233 cm³/mol. The van der Waals surface area contributed by atoms with Crippen LogP contribution in [0.2, 0.25) is 0 Å². The van der Waals surface area contributed by atoms with Gasteiger partial charge in [-0.25, -0.2) is 0 Å². The Morgan fingerprint density at radius 2 is 1.24 bits per heavy atom. The number of nitrogens with zero attached hydrogens (tertiary/aromatic N) is 1. The van der Waals surface area contributed by atoms with Gasteiger partial charge in [0.05, 0.1) is 5.70 Å². The zero-order valence-corrected chi connectivity index (χ0v) is 31.4. The van der Waals surface area contributed by atoms with Crippen molar-refractivity contribution in [2.24, 2.45) is 22.7 Å². The van der Waals surface area contributed by atoms with Crippen molar-refractivity contribution in [2.45, 2.75) is 46.0 Å².